The SMILES string of the molecule is C#CCCC1(CCNC(=O)c2nn(C)c3ccccc3c2=O)N=N1. The van der Waals surface area contributed by atoms with Crippen LogP contribution in [0.1, 0.15) is 29.8 Å². The van der Waals surface area contributed by atoms with Crippen LogP contribution in [-0.4, -0.2) is 27.9 Å². The third-order valence-electron chi connectivity index (χ3n) is 4.04. The quantitative estimate of drug-likeness (QED) is 0.819. The normalized spacial score (nSPS) is 14.3. The molecule has 3 rings (SSSR count). The van der Waals surface area contributed by atoms with Crippen LogP contribution in [0.2, 0.25) is 0 Å². The fourth-order valence-electron chi connectivity index (χ4n) is 2.60. The van der Waals surface area contributed by atoms with Gasteiger partial charge < -0.3 is 5.32 Å². The Kier molecular flexibility index (Phi) is 4.13. The molecule has 0 saturated carbocycles. The standard InChI is InChI=1S/C17H17N5O2/c1-3-4-9-17(20-21-17)10-11-18-16(24)14-15(23)12-7-5-6-8-13(12)22(2)19-14/h1,5-8H,4,9-11H2,2H3,(H,18,24). The van der Waals surface area contributed by atoms with Crippen LogP contribution < -0.4 is 10.7 Å². The highest BCUT2D eigenvalue weighted by molar-refractivity contribution is 5.95. The van der Waals surface area contributed by atoms with Gasteiger partial charge in [-0.2, -0.15) is 15.3 Å². The van der Waals surface area contributed by atoms with Gasteiger partial charge in [-0.05, 0) is 12.1 Å². The highest BCUT2D eigenvalue weighted by Crippen LogP contribution is 2.35. The van der Waals surface area contributed by atoms with E-state index in [-0.39, 0.29) is 11.1 Å². The summed E-state index contributed by atoms with van der Waals surface area (Å²) in [6, 6.07) is 7.06. The summed E-state index contributed by atoms with van der Waals surface area (Å²) in [5, 5.41) is 15.3. The molecule has 0 spiro atoms. The first-order chi connectivity index (χ1) is 11.6. The number of hydrogen-bond donors (Lipinski definition) is 1. The molecule has 0 saturated heterocycles. The lowest BCUT2D eigenvalue weighted by Gasteiger charge is -2.10. The minimum absolute atomic E-state index is 0.112. The molecule has 122 valence electrons. The van der Waals surface area contributed by atoms with Gasteiger partial charge in [-0.3, -0.25) is 14.3 Å². The van der Waals surface area contributed by atoms with Crippen LogP contribution in [0, 0.1) is 12.3 Å². The molecule has 1 aromatic carbocycles. The van der Waals surface area contributed by atoms with Crippen LogP contribution in [0.3, 0.4) is 0 Å². The number of amides is 1. The van der Waals surface area contributed by atoms with E-state index in [1.54, 1.807) is 25.2 Å². The number of carbonyl (C=O) groups excluding carboxylic acids is 1. The van der Waals surface area contributed by atoms with Gasteiger partial charge in [-0.25, -0.2) is 0 Å². The maximum Gasteiger partial charge on any atom is 0.275 e. The average molecular weight is 323 g/mol. The average Bonchev–Trinajstić information content (AvgIpc) is 3.36. The molecule has 0 radical (unpaired) electrons. The number of benzene rings is 1. The van der Waals surface area contributed by atoms with E-state index in [1.807, 2.05) is 6.07 Å². The number of nitrogens with one attached hydrogen (secondary N) is 1. The molecule has 0 bridgehead atoms. The van der Waals surface area contributed by atoms with E-state index in [1.165, 1.54) is 4.68 Å². The molecule has 1 aromatic heterocycles. The van der Waals surface area contributed by atoms with E-state index >= 15 is 0 Å². The van der Waals surface area contributed by atoms with Crippen molar-refractivity contribution >= 4 is 16.8 Å². The van der Waals surface area contributed by atoms with Gasteiger partial charge in [-0.1, -0.05) is 12.1 Å². The Balaban J connectivity index is 1.70. The van der Waals surface area contributed by atoms with Crippen molar-refractivity contribution in [3.05, 3.63) is 40.2 Å². The second-order valence-electron chi connectivity index (χ2n) is 5.71. The zero-order valence-electron chi connectivity index (χ0n) is 13.3. The van der Waals surface area contributed by atoms with Crippen molar-refractivity contribution < 1.29 is 4.79 Å². The smallest absolute Gasteiger partial charge is 0.275 e. The Morgan fingerprint density at radius 3 is 2.79 bits per heavy atom. The number of rotatable bonds is 6. The Hall–Kier alpha value is -3.01. The summed E-state index contributed by atoms with van der Waals surface area (Å²) in [4.78, 5) is 24.7. The van der Waals surface area contributed by atoms with Crippen molar-refractivity contribution in [2.45, 2.75) is 24.9 Å². The molecule has 0 fully saturated rings. The van der Waals surface area contributed by atoms with Crippen LogP contribution in [0.4, 0.5) is 0 Å². The Labute approximate surface area is 138 Å². The molecule has 24 heavy (non-hydrogen) atoms. The van der Waals surface area contributed by atoms with Crippen LogP contribution >= 0.6 is 0 Å². The number of carbonyl (C=O) groups is 1. The van der Waals surface area contributed by atoms with Crippen molar-refractivity contribution in [3.63, 3.8) is 0 Å². The van der Waals surface area contributed by atoms with Gasteiger partial charge in [0.2, 0.25) is 5.43 Å². The zero-order chi connectivity index (χ0) is 17.2. The van der Waals surface area contributed by atoms with Crippen molar-refractivity contribution in [2.24, 2.45) is 17.3 Å². The summed E-state index contributed by atoms with van der Waals surface area (Å²) in [5.74, 6) is 2.07. The van der Waals surface area contributed by atoms with E-state index in [0.717, 1.165) is 0 Å². The summed E-state index contributed by atoms with van der Waals surface area (Å²) in [6.07, 6.45) is 7.07. The summed E-state index contributed by atoms with van der Waals surface area (Å²) in [5.41, 5.74) is -0.257. The summed E-state index contributed by atoms with van der Waals surface area (Å²) < 4.78 is 1.53. The fourth-order valence-corrected chi connectivity index (χ4v) is 2.60. The maximum absolute atomic E-state index is 12.4. The molecule has 2 aromatic rings. The number of fused-ring (bicyclic) bond motifs is 1. The van der Waals surface area contributed by atoms with Gasteiger partial charge in [0.1, 0.15) is 0 Å². The minimum atomic E-state index is -0.492. The third kappa shape index (κ3) is 3.04. The van der Waals surface area contributed by atoms with Crippen LogP contribution in [0.15, 0.2) is 39.3 Å². The van der Waals surface area contributed by atoms with E-state index in [2.05, 4.69) is 26.6 Å². The second kappa shape index (κ2) is 6.24. The highest BCUT2D eigenvalue weighted by atomic mass is 16.2. The Morgan fingerprint density at radius 2 is 2.08 bits per heavy atom. The first kappa shape index (κ1) is 15.9. The van der Waals surface area contributed by atoms with Crippen molar-refractivity contribution in [1.82, 2.24) is 15.1 Å². The lowest BCUT2D eigenvalue weighted by molar-refractivity contribution is 0.0944. The summed E-state index contributed by atoms with van der Waals surface area (Å²) >= 11 is 0. The van der Waals surface area contributed by atoms with Crippen molar-refractivity contribution in [3.8, 4) is 12.3 Å². The van der Waals surface area contributed by atoms with E-state index in [4.69, 9.17) is 6.42 Å². The molecule has 1 N–H and O–H groups in total. The Morgan fingerprint density at radius 1 is 1.33 bits per heavy atom. The van der Waals surface area contributed by atoms with E-state index in [9.17, 15) is 9.59 Å². The Bertz CT molecular complexity index is 917. The molecule has 1 aliphatic rings. The lowest BCUT2D eigenvalue weighted by Crippen LogP contribution is -2.34. The number of aryl methyl sites for hydroxylation is 1. The van der Waals surface area contributed by atoms with Gasteiger partial charge >= 0.3 is 0 Å². The zero-order valence-corrected chi connectivity index (χ0v) is 13.3. The molecule has 7 heteroatoms. The number of nitrogens with zero attached hydrogens (tertiary/aromatic N) is 4. The lowest BCUT2D eigenvalue weighted by atomic mass is 10.0. The van der Waals surface area contributed by atoms with Crippen LogP contribution in [0.5, 0.6) is 0 Å². The van der Waals surface area contributed by atoms with Crippen molar-refractivity contribution in [1.29, 1.82) is 0 Å². The first-order valence-corrected chi connectivity index (χ1v) is 7.68. The summed E-state index contributed by atoms with van der Waals surface area (Å²) in [7, 11) is 1.70. The molecule has 2 heterocycles. The van der Waals surface area contributed by atoms with Gasteiger partial charge in [0.15, 0.2) is 11.4 Å². The van der Waals surface area contributed by atoms with Crippen LogP contribution in [0.25, 0.3) is 10.9 Å². The third-order valence-corrected chi connectivity index (χ3v) is 4.04. The number of hydrogen-bond acceptors (Lipinski definition) is 5. The molecule has 0 atom stereocenters. The van der Waals surface area contributed by atoms with Crippen LogP contribution in [-0.2, 0) is 7.05 Å². The van der Waals surface area contributed by atoms with Gasteiger partial charge in [0.25, 0.3) is 5.91 Å². The monoisotopic (exact) mass is 323 g/mol. The fraction of sp³-hybridized carbons (Fsp3) is 0.353. The molecule has 1 amide bonds. The predicted octanol–water partition coefficient (Wildman–Crippen LogP) is 1.63. The number of aromatic nitrogens is 2. The number of para-hydroxylation sites is 1. The van der Waals surface area contributed by atoms with Crippen molar-refractivity contribution in [2.75, 3.05) is 6.54 Å². The number of terminal acetylenes is 1. The van der Waals surface area contributed by atoms with Gasteiger partial charge in [0.05, 0.1) is 5.52 Å². The topological polar surface area (TPSA) is 88.7 Å². The summed E-state index contributed by atoms with van der Waals surface area (Å²) in [6.45, 7) is 0.355. The van der Waals surface area contributed by atoms with E-state index < -0.39 is 11.6 Å². The van der Waals surface area contributed by atoms with Gasteiger partial charge in [0, 0.05) is 38.2 Å². The molecule has 1 aliphatic heterocycles. The predicted molar refractivity (Wildman–Crippen MR) is 89.6 cm³/mol. The minimum Gasteiger partial charge on any atom is -0.350 e. The molecule has 7 nitrogen and oxygen atoms in total. The highest BCUT2D eigenvalue weighted by Gasteiger charge is 2.38. The van der Waals surface area contributed by atoms with Gasteiger partial charge in [-0.15, -0.1) is 12.3 Å². The second-order valence-corrected chi connectivity index (χ2v) is 5.71. The first-order valence-electron chi connectivity index (χ1n) is 7.68. The molecule has 0 aliphatic carbocycles. The largest absolute Gasteiger partial charge is 0.350 e. The maximum atomic E-state index is 12.4. The molecular weight excluding hydrogens is 306 g/mol. The molecule has 0 unspecified atom stereocenters. The van der Waals surface area contributed by atoms with E-state index in [0.29, 0.717) is 36.7 Å². The molecular formula is C17H17N5O2.